The highest BCUT2D eigenvalue weighted by Crippen LogP contribution is 2.25. The average molecular weight is 344 g/mol. The number of nitriles is 1. The molecule has 1 aromatic heterocycles. The Morgan fingerprint density at radius 3 is 2.58 bits per heavy atom. The summed E-state index contributed by atoms with van der Waals surface area (Å²) in [4.78, 5) is 4.20. The fourth-order valence-corrected chi connectivity index (χ4v) is 2.80. The maximum absolute atomic E-state index is 8.89. The van der Waals surface area contributed by atoms with Crippen molar-refractivity contribution in [3.63, 3.8) is 0 Å². The lowest BCUT2D eigenvalue weighted by Crippen LogP contribution is -2.27. The summed E-state index contributed by atoms with van der Waals surface area (Å²) in [5.74, 6) is 2.60. The molecule has 0 spiro atoms. The van der Waals surface area contributed by atoms with Crippen molar-refractivity contribution in [2.24, 2.45) is 0 Å². The Balaban J connectivity index is 1.93. The molecule has 0 atom stereocenters. The highest BCUT2D eigenvalue weighted by atomic mass is 32.1. The molecule has 1 heterocycles. The van der Waals surface area contributed by atoms with Crippen molar-refractivity contribution >= 4 is 28.7 Å². The van der Waals surface area contributed by atoms with E-state index in [4.69, 9.17) is 19.3 Å². The highest BCUT2D eigenvalue weighted by Gasteiger charge is 2.17. The minimum atomic E-state index is -0.379. The Bertz CT molecular complexity index is 727. The van der Waals surface area contributed by atoms with Crippen molar-refractivity contribution in [1.82, 2.24) is 4.98 Å². The lowest BCUT2D eigenvalue weighted by atomic mass is 9.88. The predicted molar refractivity (Wildman–Crippen MR) is 97.2 cm³/mol. The first-order chi connectivity index (χ1) is 11.5. The first-order valence-electron chi connectivity index (χ1n) is 7.89. The third-order valence-corrected chi connectivity index (χ3v) is 3.83. The van der Waals surface area contributed by atoms with Crippen LogP contribution in [0.1, 0.15) is 32.7 Å². The van der Waals surface area contributed by atoms with E-state index in [2.05, 4.69) is 11.1 Å². The van der Waals surface area contributed by atoms with Crippen LogP contribution in [0.4, 0.5) is 0 Å². The molecule has 0 fully saturated rings. The van der Waals surface area contributed by atoms with E-state index in [-0.39, 0.29) is 19.3 Å². The van der Waals surface area contributed by atoms with Crippen LogP contribution in [0.15, 0.2) is 30.3 Å². The largest absolute Gasteiger partial charge is 0.490 e. The highest BCUT2D eigenvalue weighted by molar-refractivity contribution is 7.19. The quantitative estimate of drug-likeness (QED) is 0.678. The fraction of sp³-hybridized carbons (Fsp3) is 0.412. The van der Waals surface area contributed by atoms with Crippen molar-refractivity contribution < 1.29 is 14.0 Å². The van der Waals surface area contributed by atoms with Gasteiger partial charge in [0, 0.05) is 12.2 Å². The topological polar surface area (TPSA) is 64.4 Å². The van der Waals surface area contributed by atoms with E-state index >= 15 is 0 Å². The molecular formula is C17H21BN2O3S. The summed E-state index contributed by atoms with van der Waals surface area (Å²) in [5, 5.41) is 9.35. The smallest absolute Gasteiger partial charge is 0.486 e. The van der Waals surface area contributed by atoms with Gasteiger partial charge in [0.15, 0.2) is 5.01 Å². The van der Waals surface area contributed by atoms with E-state index in [0.717, 1.165) is 16.0 Å². The number of hydrogen-bond donors (Lipinski definition) is 0. The summed E-state index contributed by atoms with van der Waals surface area (Å²) in [7, 11) is -0.379. The summed E-state index contributed by atoms with van der Waals surface area (Å²) in [6.45, 7) is 8.30. The van der Waals surface area contributed by atoms with E-state index < -0.39 is 0 Å². The third-order valence-electron chi connectivity index (χ3n) is 2.91. The lowest BCUT2D eigenvalue weighted by molar-refractivity contribution is 0.138. The summed E-state index contributed by atoms with van der Waals surface area (Å²) in [6.07, 6.45) is 2.05. The number of nitrogens with zero attached hydrogens (tertiary/aromatic N) is 2. The number of aromatic nitrogens is 1. The molecule has 0 aliphatic rings. The Labute approximate surface area is 147 Å². The van der Waals surface area contributed by atoms with Crippen LogP contribution in [0.2, 0.25) is 0 Å². The van der Waals surface area contributed by atoms with Crippen LogP contribution in [-0.4, -0.2) is 30.9 Å². The van der Waals surface area contributed by atoms with Gasteiger partial charge in [0.05, 0.1) is 10.2 Å². The molecule has 0 saturated carbocycles. The summed E-state index contributed by atoms with van der Waals surface area (Å²) < 4.78 is 18.0. The minimum absolute atomic E-state index is 0.0855. The van der Waals surface area contributed by atoms with Crippen molar-refractivity contribution in [2.45, 2.75) is 39.9 Å². The fourth-order valence-electron chi connectivity index (χ4n) is 2.01. The number of benzene rings is 1. The number of thiazole rings is 1. The monoisotopic (exact) mass is 344 g/mol. The number of rotatable bonds is 8. The average Bonchev–Trinajstić information content (AvgIpc) is 2.92. The van der Waals surface area contributed by atoms with E-state index in [9.17, 15) is 0 Å². The number of fused-ring (bicyclic) bond motifs is 1. The first kappa shape index (κ1) is 18.5. The molecule has 0 aliphatic carbocycles. The zero-order valence-electron chi connectivity index (χ0n) is 14.4. The van der Waals surface area contributed by atoms with Crippen LogP contribution in [0.3, 0.4) is 0 Å². The lowest BCUT2D eigenvalue weighted by Gasteiger charge is -2.16. The van der Waals surface area contributed by atoms with Gasteiger partial charge in [0.2, 0.25) is 0 Å². The van der Waals surface area contributed by atoms with Crippen molar-refractivity contribution in [2.75, 3.05) is 6.61 Å². The second kappa shape index (κ2) is 8.83. The van der Waals surface area contributed by atoms with Crippen LogP contribution < -0.4 is 4.74 Å². The summed E-state index contributed by atoms with van der Waals surface area (Å²) in [6, 6.07) is 7.67. The normalized spacial score (nSPS) is 11.5. The summed E-state index contributed by atoms with van der Waals surface area (Å²) in [5.41, 5.74) is 0.815. The zero-order valence-corrected chi connectivity index (χ0v) is 15.2. The second-order valence-corrected chi connectivity index (χ2v) is 6.77. The van der Waals surface area contributed by atoms with Crippen LogP contribution >= 0.6 is 11.3 Å². The maximum atomic E-state index is 8.89. The maximum Gasteiger partial charge on any atom is 0.486 e. The van der Waals surface area contributed by atoms with Gasteiger partial charge >= 0.3 is 7.12 Å². The Kier molecular flexibility index (Phi) is 6.79. The molecule has 0 saturated heterocycles. The van der Waals surface area contributed by atoms with Crippen LogP contribution in [0.25, 0.3) is 10.2 Å². The molecule has 0 aliphatic heterocycles. The predicted octanol–water partition coefficient (Wildman–Crippen LogP) is 3.98. The third kappa shape index (κ3) is 5.64. The van der Waals surface area contributed by atoms with Crippen LogP contribution in [-0.2, 0) is 9.31 Å². The molecule has 0 bridgehead atoms. The Hall–Kier alpha value is -1.88. The molecule has 24 heavy (non-hydrogen) atoms. The van der Waals surface area contributed by atoms with Gasteiger partial charge in [0.1, 0.15) is 18.4 Å². The molecule has 2 rings (SSSR count). The second-order valence-electron chi connectivity index (χ2n) is 5.74. The van der Waals surface area contributed by atoms with Gasteiger partial charge in [-0.3, -0.25) is 0 Å². The van der Waals surface area contributed by atoms with Gasteiger partial charge in [-0.15, -0.1) is 11.3 Å². The zero-order chi connectivity index (χ0) is 17.5. The van der Waals surface area contributed by atoms with Crippen LogP contribution in [0.5, 0.6) is 5.75 Å². The summed E-state index contributed by atoms with van der Waals surface area (Å²) >= 11 is 1.36. The van der Waals surface area contributed by atoms with Crippen molar-refractivity contribution in [3.05, 3.63) is 35.3 Å². The van der Waals surface area contributed by atoms with E-state index in [1.165, 1.54) is 11.3 Å². The van der Waals surface area contributed by atoms with E-state index in [1.54, 1.807) is 0 Å². The van der Waals surface area contributed by atoms with Crippen molar-refractivity contribution in [1.29, 1.82) is 5.26 Å². The molecular weight excluding hydrogens is 323 g/mol. The van der Waals surface area contributed by atoms with E-state index in [0.29, 0.717) is 11.6 Å². The Morgan fingerprint density at radius 2 is 1.96 bits per heavy atom. The molecule has 5 nitrogen and oxygen atoms in total. The number of ether oxygens (including phenoxy) is 1. The number of hydrogen-bond acceptors (Lipinski definition) is 6. The van der Waals surface area contributed by atoms with Crippen LogP contribution in [0, 0.1) is 11.3 Å². The standard InChI is InChI=1S/C17H21BN2O3S/c1-12(2)22-18(23-13(3)4)8-5-9-21-14-6-7-15-16(10-14)24-17(11-19)20-15/h5-8,10,12-13H,9H2,1-4H3. The first-order valence-corrected chi connectivity index (χ1v) is 8.70. The van der Waals surface area contributed by atoms with Gasteiger partial charge in [-0.2, -0.15) is 5.26 Å². The molecule has 1 aromatic carbocycles. The van der Waals surface area contributed by atoms with Gasteiger partial charge in [0.25, 0.3) is 0 Å². The molecule has 0 radical (unpaired) electrons. The molecule has 0 N–H and O–H groups in total. The van der Waals surface area contributed by atoms with Gasteiger partial charge in [-0.25, -0.2) is 4.98 Å². The molecule has 0 unspecified atom stereocenters. The minimum Gasteiger partial charge on any atom is -0.490 e. The Morgan fingerprint density at radius 1 is 1.25 bits per heavy atom. The molecule has 2 aromatic rings. The SMILES string of the molecule is CC(C)OB(C=CCOc1ccc2nc(C#N)sc2c1)OC(C)C. The van der Waals surface area contributed by atoms with E-state index in [1.807, 2.05) is 57.9 Å². The van der Waals surface area contributed by atoms with Gasteiger partial charge in [-0.05, 0) is 45.9 Å². The van der Waals surface area contributed by atoms with Crippen molar-refractivity contribution in [3.8, 4) is 11.8 Å². The molecule has 126 valence electrons. The molecule has 0 amide bonds. The molecule has 7 heteroatoms. The van der Waals surface area contributed by atoms with Gasteiger partial charge < -0.3 is 14.0 Å². The van der Waals surface area contributed by atoms with Gasteiger partial charge in [-0.1, -0.05) is 12.1 Å².